The number of carboxylic acids is 1. The zero-order chi connectivity index (χ0) is 28.9. The van der Waals surface area contributed by atoms with Crippen molar-refractivity contribution in [2.45, 2.75) is 25.6 Å². The molecule has 0 unspecified atom stereocenters. The number of ether oxygens (including phenoxy) is 3. The molecule has 8 nitrogen and oxygen atoms in total. The molecule has 3 aromatic rings. The lowest BCUT2D eigenvalue weighted by molar-refractivity contribution is -0.274. The maximum Gasteiger partial charge on any atom is 0.573 e. The monoisotopic (exact) mass is 576 g/mol. The second-order valence-corrected chi connectivity index (χ2v) is 9.16. The fraction of sp³-hybridized carbons (Fsp3) is 0.250. The molecule has 0 saturated heterocycles. The Morgan fingerprint density at radius 3 is 2.42 bits per heavy atom. The van der Waals surface area contributed by atoms with Crippen molar-refractivity contribution in [1.82, 2.24) is 0 Å². The van der Waals surface area contributed by atoms with Crippen LogP contribution in [0.3, 0.4) is 0 Å². The van der Waals surface area contributed by atoms with Crippen molar-refractivity contribution < 1.29 is 42.1 Å². The van der Waals surface area contributed by atoms with Crippen molar-refractivity contribution in [3.8, 4) is 17.2 Å². The minimum absolute atomic E-state index is 0.0109. The fourth-order valence-corrected chi connectivity index (χ4v) is 4.23. The first-order valence-electron chi connectivity index (χ1n) is 12.1. The van der Waals surface area contributed by atoms with E-state index in [1.54, 1.807) is 42.5 Å². The summed E-state index contributed by atoms with van der Waals surface area (Å²) >= 11 is 6.05. The van der Waals surface area contributed by atoms with Crippen molar-refractivity contribution in [3.63, 3.8) is 0 Å². The Balaban J connectivity index is 1.71. The van der Waals surface area contributed by atoms with E-state index in [-0.39, 0.29) is 31.7 Å². The third-order valence-corrected chi connectivity index (χ3v) is 6.15. The van der Waals surface area contributed by atoms with Gasteiger partial charge in [0.1, 0.15) is 23.0 Å². The molecule has 0 bridgehead atoms. The number of alkyl halides is 3. The number of nitrogens with zero attached hydrogens (tertiary/aromatic N) is 2. The molecule has 4 rings (SSSR count). The Morgan fingerprint density at radius 2 is 1.75 bits per heavy atom. The van der Waals surface area contributed by atoms with Crippen molar-refractivity contribution in [2.24, 2.45) is 4.99 Å². The summed E-state index contributed by atoms with van der Waals surface area (Å²) in [5.41, 5.74) is 1.73. The number of fused-ring (bicyclic) bond motifs is 1. The predicted octanol–water partition coefficient (Wildman–Crippen LogP) is 6.20. The van der Waals surface area contributed by atoms with Crippen LogP contribution in [0.5, 0.6) is 17.2 Å². The average Bonchev–Trinajstić information content (AvgIpc) is 3.32. The molecule has 12 heteroatoms. The summed E-state index contributed by atoms with van der Waals surface area (Å²) in [5.74, 6) is -1.18. The van der Waals surface area contributed by atoms with Crippen LogP contribution in [0.2, 0.25) is 5.02 Å². The number of halogens is 4. The van der Waals surface area contributed by atoms with E-state index in [0.717, 1.165) is 0 Å². The normalized spacial score (nSPS) is 13.1. The highest BCUT2D eigenvalue weighted by atomic mass is 35.5. The molecule has 0 aliphatic carbocycles. The Hall–Kier alpha value is -4.25. The zero-order valence-electron chi connectivity index (χ0n) is 21.2. The third-order valence-electron chi connectivity index (χ3n) is 5.90. The molecule has 1 aliphatic heterocycles. The van der Waals surface area contributed by atoms with Crippen LogP contribution in [0, 0.1) is 0 Å². The van der Waals surface area contributed by atoms with E-state index < -0.39 is 24.0 Å². The first kappa shape index (κ1) is 28.8. The predicted molar refractivity (Wildman–Crippen MR) is 142 cm³/mol. The van der Waals surface area contributed by atoms with Gasteiger partial charge in [-0.05, 0) is 36.6 Å². The van der Waals surface area contributed by atoms with Crippen LogP contribution in [0.4, 0.5) is 24.5 Å². The lowest BCUT2D eigenvalue weighted by Crippen LogP contribution is -2.35. The Labute approximate surface area is 232 Å². The number of hydrogen-bond donors (Lipinski definition) is 1. The van der Waals surface area contributed by atoms with Crippen LogP contribution in [0.25, 0.3) is 0 Å². The second kappa shape index (κ2) is 12.3. The average molecular weight is 577 g/mol. The quantitative estimate of drug-likeness (QED) is 0.228. The number of anilines is 1. The highest BCUT2D eigenvalue weighted by Crippen LogP contribution is 2.35. The van der Waals surface area contributed by atoms with Gasteiger partial charge in [0.15, 0.2) is 0 Å². The van der Waals surface area contributed by atoms with Gasteiger partial charge in [0.25, 0.3) is 5.91 Å². The largest absolute Gasteiger partial charge is 0.573 e. The number of rotatable bonds is 10. The van der Waals surface area contributed by atoms with Crippen LogP contribution in [0.1, 0.15) is 24.0 Å². The molecule has 0 atom stereocenters. The van der Waals surface area contributed by atoms with Crippen molar-refractivity contribution in [3.05, 3.63) is 76.8 Å². The highest BCUT2D eigenvalue weighted by Gasteiger charge is 2.33. The fourth-order valence-electron chi connectivity index (χ4n) is 4.10. The Kier molecular flexibility index (Phi) is 8.83. The molecule has 0 fully saturated rings. The van der Waals surface area contributed by atoms with E-state index in [2.05, 4.69) is 9.73 Å². The lowest BCUT2D eigenvalue weighted by atomic mass is 10.1. The smallest absolute Gasteiger partial charge is 0.497 e. The van der Waals surface area contributed by atoms with Gasteiger partial charge in [-0.1, -0.05) is 29.8 Å². The lowest BCUT2D eigenvalue weighted by Gasteiger charge is -2.20. The van der Waals surface area contributed by atoms with E-state index in [4.69, 9.17) is 26.2 Å². The first-order chi connectivity index (χ1) is 19.0. The van der Waals surface area contributed by atoms with E-state index in [1.165, 1.54) is 30.2 Å². The van der Waals surface area contributed by atoms with Crippen LogP contribution >= 0.6 is 11.6 Å². The van der Waals surface area contributed by atoms with Crippen molar-refractivity contribution in [1.29, 1.82) is 0 Å². The van der Waals surface area contributed by atoms with Crippen LogP contribution in [-0.4, -0.2) is 49.3 Å². The van der Waals surface area contributed by atoms with Crippen LogP contribution < -0.4 is 19.1 Å². The summed E-state index contributed by atoms with van der Waals surface area (Å²) in [7, 11) is 1.45. The van der Waals surface area contributed by atoms with Crippen LogP contribution in [0.15, 0.2) is 65.7 Å². The standard InChI is InChI=1S/C28H24ClF3N2O6/c1-38-22-13-20(14-23(15-22)39-12-2-3-25(35)36)33-26(18-4-7-19(29)8-5-18)27(37)34-11-10-17-6-9-21(16-24(17)34)40-28(30,31)32/h4-9,13-16H,2-3,10-12H2,1H3,(H,35,36)/b33-26+. The summed E-state index contributed by atoms with van der Waals surface area (Å²) in [6, 6.07) is 15.1. The van der Waals surface area contributed by atoms with Crippen LogP contribution in [-0.2, 0) is 16.0 Å². The van der Waals surface area contributed by atoms with Gasteiger partial charge in [0.05, 0.1) is 25.1 Å². The molecular formula is C28H24ClF3N2O6. The highest BCUT2D eigenvalue weighted by molar-refractivity contribution is 6.50. The van der Waals surface area contributed by atoms with Gasteiger partial charge in [0.2, 0.25) is 0 Å². The number of benzene rings is 3. The molecule has 1 heterocycles. The molecule has 1 aliphatic rings. The number of carbonyl (C=O) groups is 2. The van der Waals surface area contributed by atoms with Gasteiger partial charge in [0, 0.05) is 47.8 Å². The first-order valence-corrected chi connectivity index (χ1v) is 12.5. The van der Waals surface area contributed by atoms with E-state index in [9.17, 15) is 22.8 Å². The number of aliphatic carboxylic acids is 1. The molecule has 3 aromatic carbocycles. The molecule has 1 N–H and O–H groups in total. The Morgan fingerprint density at radius 1 is 1.02 bits per heavy atom. The molecule has 40 heavy (non-hydrogen) atoms. The number of carboxylic acid groups (broad SMARTS) is 1. The topological polar surface area (TPSA) is 97.7 Å². The molecule has 0 saturated carbocycles. The number of aliphatic imine (C=N–C) groups is 1. The number of amides is 1. The van der Waals surface area contributed by atoms with Gasteiger partial charge < -0.3 is 24.2 Å². The summed E-state index contributed by atoms with van der Waals surface area (Å²) in [6.45, 7) is 0.366. The summed E-state index contributed by atoms with van der Waals surface area (Å²) < 4.78 is 53.5. The van der Waals surface area contributed by atoms with Crippen molar-refractivity contribution >= 4 is 40.6 Å². The van der Waals surface area contributed by atoms with E-state index >= 15 is 0 Å². The summed E-state index contributed by atoms with van der Waals surface area (Å²) in [4.78, 5) is 30.6. The summed E-state index contributed by atoms with van der Waals surface area (Å²) in [5, 5.41) is 9.27. The SMILES string of the molecule is COc1cc(/N=C(/C(=O)N2CCc3ccc(OC(F)(F)F)cc32)c2ccc(Cl)cc2)cc(OCCCC(=O)O)c1. The zero-order valence-corrected chi connectivity index (χ0v) is 22.0. The number of hydrogen-bond acceptors (Lipinski definition) is 6. The molecule has 0 aromatic heterocycles. The minimum atomic E-state index is -4.88. The number of methoxy groups -OCH3 is 1. The number of carbonyl (C=O) groups excluding carboxylic acids is 1. The van der Waals surface area contributed by atoms with Gasteiger partial charge in [-0.2, -0.15) is 0 Å². The minimum Gasteiger partial charge on any atom is -0.497 e. The van der Waals surface area contributed by atoms with Gasteiger partial charge in [-0.15, -0.1) is 13.2 Å². The van der Waals surface area contributed by atoms with Crippen molar-refractivity contribution in [2.75, 3.05) is 25.2 Å². The maximum atomic E-state index is 13.9. The maximum absolute atomic E-state index is 13.9. The molecule has 0 spiro atoms. The van der Waals surface area contributed by atoms with Gasteiger partial charge in [-0.3, -0.25) is 9.59 Å². The van der Waals surface area contributed by atoms with E-state index in [0.29, 0.717) is 45.4 Å². The summed E-state index contributed by atoms with van der Waals surface area (Å²) in [6.07, 6.45) is -4.21. The molecular weight excluding hydrogens is 553 g/mol. The van der Waals surface area contributed by atoms with Gasteiger partial charge >= 0.3 is 12.3 Å². The molecule has 0 radical (unpaired) electrons. The third kappa shape index (κ3) is 7.44. The molecule has 210 valence electrons. The molecule has 1 amide bonds. The van der Waals surface area contributed by atoms with E-state index in [1.807, 2.05) is 0 Å². The Bertz CT molecular complexity index is 1430. The van der Waals surface area contributed by atoms with Gasteiger partial charge in [-0.25, -0.2) is 4.99 Å². The second-order valence-electron chi connectivity index (χ2n) is 8.72.